The van der Waals surface area contributed by atoms with Gasteiger partial charge in [-0.25, -0.2) is 0 Å². The van der Waals surface area contributed by atoms with Crippen molar-refractivity contribution in [1.29, 1.82) is 0 Å². The third-order valence-corrected chi connectivity index (χ3v) is 0.809. The third-order valence-electron chi connectivity index (χ3n) is 0.809. The van der Waals surface area contributed by atoms with Gasteiger partial charge >= 0.3 is 0 Å². The number of nitrogens with zero attached hydrogens (tertiary/aromatic N) is 2. The number of carbonyl (C=O) groups excluding carboxylic acids is 1. The number of carbonyl (C=O) groups is 1. The van der Waals surface area contributed by atoms with Crippen molar-refractivity contribution in [2.45, 2.75) is 6.04 Å². The molecular weight excluding hydrogens is 122 g/mol. The van der Waals surface area contributed by atoms with Crippen molar-refractivity contribution < 1.29 is 9.21 Å². The van der Waals surface area contributed by atoms with E-state index in [0.29, 0.717) is 6.29 Å². The predicted octanol–water partition coefficient (Wildman–Crippen LogP) is -0.732. The molecule has 1 atom stereocenters. The maximum atomic E-state index is 9.95. The molecule has 0 aliphatic heterocycles. The van der Waals surface area contributed by atoms with Crippen molar-refractivity contribution in [2.75, 3.05) is 0 Å². The molecule has 0 bridgehead atoms. The van der Waals surface area contributed by atoms with E-state index >= 15 is 0 Å². The second kappa shape index (κ2) is 2.36. The lowest BCUT2D eigenvalue weighted by Gasteiger charge is -1.91. The largest absolute Gasteiger partial charge is 0.426 e. The van der Waals surface area contributed by atoms with Crippen LogP contribution >= 0.6 is 0 Å². The highest BCUT2D eigenvalue weighted by Gasteiger charge is 2.07. The molecule has 0 radical (unpaired) electrons. The minimum absolute atomic E-state index is 0.144. The average molecular weight is 127 g/mol. The lowest BCUT2D eigenvalue weighted by atomic mass is 10.4. The van der Waals surface area contributed by atoms with Crippen LogP contribution in [0.2, 0.25) is 0 Å². The van der Waals surface area contributed by atoms with Crippen LogP contribution in [0.1, 0.15) is 11.9 Å². The highest BCUT2D eigenvalue weighted by molar-refractivity contribution is 5.58. The molecule has 9 heavy (non-hydrogen) atoms. The van der Waals surface area contributed by atoms with Crippen LogP contribution in [0.5, 0.6) is 0 Å². The Bertz CT molecular complexity index is 184. The van der Waals surface area contributed by atoms with Crippen molar-refractivity contribution in [2.24, 2.45) is 5.73 Å². The summed E-state index contributed by atoms with van der Waals surface area (Å²) in [4.78, 5) is 9.95. The molecule has 1 rings (SSSR count). The first kappa shape index (κ1) is 5.90. The molecule has 5 nitrogen and oxygen atoms in total. The van der Waals surface area contributed by atoms with Gasteiger partial charge in [0.15, 0.2) is 0 Å². The first-order chi connectivity index (χ1) is 4.34. The van der Waals surface area contributed by atoms with Crippen LogP contribution in [0, 0.1) is 0 Å². The summed E-state index contributed by atoms with van der Waals surface area (Å²) in [6, 6.07) is -0.785. The Balaban J connectivity index is 2.76. The molecule has 0 aromatic carbocycles. The van der Waals surface area contributed by atoms with E-state index in [1.807, 2.05) is 0 Å². The Labute approximate surface area is 50.9 Å². The topological polar surface area (TPSA) is 82.0 Å². The summed E-state index contributed by atoms with van der Waals surface area (Å²) in [6.07, 6.45) is 1.66. The van der Waals surface area contributed by atoms with Crippen LogP contribution in [-0.2, 0) is 4.79 Å². The smallest absolute Gasteiger partial charge is 0.240 e. The lowest BCUT2D eigenvalue weighted by Crippen LogP contribution is -2.11. The molecule has 5 heteroatoms. The van der Waals surface area contributed by atoms with E-state index in [1.54, 1.807) is 0 Å². The molecule has 0 aliphatic carbocycles. The summed E-state index contributed by atoms with van der Waals surface area (Å²) in [7, 11) is 0. The fraction of sp³-hybridized carbons (Fsp3) is 0.250. The van der Waals surface area contributed by atoms with Gasteiger partial charge < -0.3 is 14.9 Å². The Morgan fingerprint density at radius 3 is 3.11 bits per heavy atom. The van der Waals surface area contributed by atoms with Gasteiger partial charge in [-0.15, -0.1) is 10.2 Å². The Kier molecular flexibility index (Phi) is 1.55. The van der Waals surface area contributed by atoms with Crippen LogP contribution in [0.3, 0.4) is 0 Å². The molecule has 1 aromatic rings. The normalized spacial score (nSPS) is 13.0. The molecule has 1 aromatic heterocycles. The molecule has 0 aliphatic rings. The summed E-state index contributed by atoms with van der Waals surface area (Å²) >= 11 is 0. The molecule has 0 fully saturated rings. The molecule has 0 spiro atoms. The van der Waals surface area contributed by atoms with Gasteiger partial charge in [-0.2, -0.15) is 0 Å². The van der Waals surface area contributed by atoms with Gasteiger partial charge in [0, 0.05) is 0 Å². The number of nitrogens with two attached hydrogens (primary N) is 1. The van der Waals surface area contributed by atoms with Gasteiger partial charge in [0.25, 0.3) is 0 Å². The number of hydrogen-bond acceptors (Lipinski definition) is 5. The van der Waals surface area contributed by atoms with E-state index in [1.165, 1.54) is 0 Å². The maximum Gasteiger partial charge on any atom is 0.240 e. The number of aromatic nitrogens is 2. The summed E-state index contributed by atoms with van der Waals surface area (Å²) in [5.41, 5.74) is 5.17. The number of hydrogen-bond donors (Lipinski definition) is 1. The molecule has 48 valence electrons. The SMILES string of the molecule is NC(C=O)c1nnco1. The second-order valence-corrected chi connectivity index (χ2v) is 1.44. The highest BCUT2D eigenvalue weighted by Crippen LogP contribution is 1.99. The summed E-state index contributed by atoms with van der Waals surface area (Å²) < 4.78 is 4.61. The van der Waals surface area contributed by atoms with E-state index < -0.39 is 6.04 Å². The zero-order valence-electron chi connectivity index (χ0n) is 4.52. The van der Waals surface area contributed by atoms with Crippen molar-refractivity contribution in [3.05, 3.63) is 12.3 Å². The van der Waals surface area contributed by atoms with Gasteiger partial charge in [-0.3, -0.25) is 0 Å². The van der Waals surface area contributed by atoms with Crippen LogP contribution in [0.25, 0.3) is 0 Å². The molecule has 2 N–H and O–H groups in total. The fourth-order valence-corrected chi connectivity index (χ4v) is 0.385. The van der Waals surface area contributed by atoms with Gasteiger partial charge in [0.05, 0.1) is 0 Å². The van der Waals surface area contributed by atoms with E-state index in [0.717, 1.165) is 6.39 Å². The van der Waals surface area contributed by atoms with E-state index in [9.17, 15) is 4.79 Å². The fourth-order valence-electron chi connectivity index (χ4n) is 0.385. The zero-order chi connectivity index (χ0) is 6.69. The van der Waals surface area contributed by atoms with Crippen molar-refractivity contribution in [3.63, 3.8) is 0 Å². The van der Waals surface area contributed by atoms with Crippen molar-refractivity contribution >= 4 is 6.29 Å². The van der Waals surface area contributed by atoms with Crippen LogP contribution in [-0.4, -0.2) is 16.5 Å². The first-order valence-electron chi connectivity index (χ1n) is 2.31. The van der Waals surface area contributed by atoms with E-state index in [-0.39, 0.29) is 5.89 Å². The van der Waals surface area contributed by atoms with E-state index in [4.69, 9.17) is 5.73 Å². The zero-order valence-corrected chi connectivity index (χ0v) is 4.52. The van der Waals surface area contributed by atoms with Gasteiger partial charge in [-0.05, 0) is 0 Å². The Morgan fingerprint density at radius 1 is 1.89 bits per heavy atom. The molecule has 0 saturated carbocycles. The summed E-state index contributed by atoms with van der Waals surface area (Å²) in [5.74, 6) is 0.144. The minimum atomic E-state index is -0.785. The maximum absolute atomic E-state index is 9.95. The minimum Gasteiger partial charge on any atom is -0.426 e. The quantitative estimate of drug-likeness (QED) is 0.529. The van der Waals surface area contributed by atoms with Gasteiger partial charge in [0.1, 0.15) is 12.3 Å². The molecule has 1 unspecified atom stereocenters. The predicted molar refractivity (Wildman–Crippen MR) is 27.3 cm³/mol. The van der Waals surface area contributed by atoms with Crippen molar-refractivity contribution in [3.8, 4) is 0 Å². The lowest BCUT2D eigenvalue weighted by molar-refractivity contribution is -0.109. The summed E-state index contributed by atoms with van der Waals surface area (Å²) in [5, 5.41) is 6.75. The van der Waals surface area contributed by atoms with Crippen LogP contribution in [0.4, 0.5) is 0 Å². The second-order valence-electron chi connectivity index (χ2n) is 1.44. The van der Waals surface area contributed by atoms with Gasteiger partial charge in [0.2, 0.25) is 12.3 Å². The number of rotatable bonds is 2. The molecule has 0 saturated heterocycles. The Morgan fingerprint density at radius 2 is 2.67 bits per heavy atom. The van der Waals surface area contributed by atoms with Crippen LogP contribution < -0.4 is 5.73 Å². The monoisotopic (exact) mass is 127 g/mol. The average Bonchev–Trinajstić information content (AvgIpc) is 2.37. The molecule has 0 amide bonds. The van der Waals surface area contributed by atoms with Crippen molar-refractivity contribution in [1.82, 2.24) is 10.2 Å². The first-order valence-corrected chi connectivity index (χ1v) is 2.31. The summed E-state index contributed by atoms with van der Waals surface area (Å²) in [6.45, 7) is 0. The Hall–Kier alpha value is -1.23. The third kappa shape index (κ3) is 1.11. The standard InChI is InChI=1S/C4H5N3O2/c5-3(1-8)4-7-6-2-9-4/h1-3H,5H2. The van der Waals surface area contributed by atoms with Gasteiger partial charge in [-0.1, -0.05) is 0 Å². The van der Waals surface area contributed by atoms with Crippen LogP contribution in [0.15, 0.2) is 10.8 Å². The van der Waals surface area contributed by atoms with E-state index in [2.05, 4.69) is 14.6 Å². The molecule has 1 heterocycles. The number of aldehydes is 1. The highest BCUT2D eigenvalue weighted by atomic mass is 16.4. The molecular formula is C4H5N3O2.